The van der Waals surface area contributed by atoms with Crippen molar-refractivity contribution in [1.29, 1.82) is 0 Å². The Morgan fingerprint density at radius 1 is 0.321 bits per heavy atom. The summed E-state index contributed by atoms with van der Waals surface area (Å²) >= 11 is 3.52. The van der Waals surface area contributed by atoms with Crippen LogP contribution in [0.15, 0.2) is 219 Å². The first-order valence-electron chi connectivity index (χ1n) is 39.5. The lowest BCUT2D eigenvalue weighted by molar-refractivity contribution is 0.199. The summed E-state index contributed by atoms with van der Waals surface area (Å²) in [7, 11) is 0. The van der Waals surface area contributed by atoms with Gasteiger partial charge in [-0.05, 0) is 143 Å². The molecule has 0 radical (unpaired) electrons. The van der Waals surface area contributed by atoms with Crippen molar-refractivity contribution < 1.29 is 0 Å². The Morgan fingerprint density at radius 3 is 0.911 bits per heavy atom. The van der Waals surface area contributed by atoms with Gasteiger partial charge in [-0.25, -0.2) is 15.0 Å². The highest BCUT2D eigenvalue weighted by atomic mass is 79.9. The average molecular weight is 1550 g/mol. The molecule has 112 heavy (non-hydrogen) atoms. The van der Waals surface area contributed by atoms with Crippen LogP contribution in [-0.2, 0) is 16.2 Å². The van der Waals surface area contributed by atoms with Gasteiger partial charge in [0.1, 0.15) is 34.0 Å². The summed E-state index contributed by atoms with van der Waals surface area (Å²) < 4.78 is 0. The number of benzene rings is 9. The third kappa shape index (κ3) is 17.3. The minimum Gasteiger partial charge on any atom is -0.367 e. The fraction of sp³-hybridized carbons (Fsp3) is 0.323. The predicted octanol–water partition coefficient (Wildman–Crippen LogP) is 19.7. The van der Waals surface area contributed by atoms with Gasteiger partial charge >= 0.3 is 0 Å². The number of rotatable bonds is 11. The Balaban J connectivity index is 0.000000125. The third-order valence-electron chi connectivity index (χ3n) is 22.3. The predicted molar refractivity (Wildman–Crippen MR) is 466 cm³/mol. The van der Waals surface area contributed by atoms with Crippen molar-refractivity contribution in [2.75, 3.05) is 93.2 Å². The Bertz CT molecular complexity index is 5470. The molecule has 0 bridgehead atoms. The maximum absolute atomic E-state index is 5.06. The summed E-state index contributed by atoms with van der Waals surface area (Å²) in [5.41, 5.74) is 27.4. The fourth-order valence-electron chi connectivity index (χ4n) is 15.3. The molecule has 3 aliphatic heterocycles. The zero-order chi connectivity index (χ0) is 77.8. The molecule has 4 N–H and O–H groups in total. The molecule has 9 aromatic carbocycles. The van der Waals surface area contributed by atoms with E-state index in [0.717, 1.165) is 179 Å². The Kier molecular flexibility index (Phi) is 22.4. The van der Waals surface area contributed by atoms with Gasteiger partial charge in [-0.1, -0.05) is 187 Å². The van der Waals surface area contributed by atoms with Gasteiger partial charge in [-0.15, -0.1) is 0 Å². The van der Waals surface area contributed by atoms with Crippen LogP contribution in [0.25, 0.3) is 100 Å². The number of halogens is 1. The molecule has 18 nitrogen and oxygen atoms in total. The van der Waals surface area contributed by atoms with Gasteiger partial charge in [0.15, 0.2) is 0 Å². The quantitative estimate of drug-likeness (QED) is 0.0894. The van der Waals surface area contributed by atoms with Crippen LogP contribution >= 0.6 is 15.9 Å². The number of para-hydroxylation sites is 3. The molecular weight excluding hydrogens is 1450 g/mol. The van der Waals surface area contributed by atoms with E-state index in [0.29, 0.717) is 16.9 Å². The van der Waals surface area contributed by atoms with Crippen molar-refractivity contribution >= 4 is 99.2 Å². The van der Waals surface area contributed by atoms with Crippen LogP contribution in [0.5, 0.6) is 0 Å². The van der Waals surface area contributed by atoms with Gasteiger partial charge in [0.25, 0.3) is 0 Å². The topological polar surface area (TPSA) is 192 Å². The standard InChI is InChI=1S/2C31H34N6.C21H26N4.C10H9BrN2/c2*1-21(23-10-13-25-27(20-23)33-15-14-32-25)36-16-18-37(19-17-36)28-7-5-6-26-29(28)35-30(34-26)22-8-11-24(12-9-22)31(2,3)4;1-21(2,3)16-9-7-15(8-10-16)20-23-17-5-4-6-18(19(17)24-20)25-13-11-22-12-14-25;1-7(11)8-2-3-9-10(6-8)13-5-4-12-9/h2*5-15,20-21H,16-19H2,1-4H3,(H,34,35);4-10,22H,11-14H2,1-3H3,(H,23,24);2-7H,1H3/t2*21-;;/m10../s1. The van der Waals surface area contributed by atoms with E-state index in [9.17, 15) is 0 Å². The number of piperazine rings is 3. The first-order valence-corrected chi connectivity index (χ1v) is 40.4. The van der Waals surface area contributed by atoms with Crippen LogP contribution in [0.2, 0.25) is 0 Å². The number of nitrogens with zero attached hydrogens (tertiary/aromatic N) is 14. The number of hydrogen-bond acceptors (Lipinski definition) is 15. The second-order valence-electron chi connectivity index (χ2n) is 32.9. The van der Waals surface area contributed by atoms with Gasteiger partial charge in [0.2, 0.25) is 0 Å². The van der Waals surface area contributed by atoms with Crippen molar-refractivity contribution in [3.63, 3.8) is 0 Å². The molecule has 3 atom stereocenters. The molecule has 3 aliphatic rings. The number of hydrogen-bond donors (Lipinski definition) is 4. The molecule has 0 aliphatic carbocycles. The molecule has 0 spiro atoms. The van der Waals surface area contributed by atoms with E-state index in [1.807, 2.05) is 6.07 Å². The van der Waals surface area contributed by atoms with E-state index in [1.54, 1.807) is 37.2 Å². The van der Waals surface area contributed by atoms with Crippen molar-refractivity contribution in [2.24, 2.45) is 0 Å². The molecule has 0 amide bonds. The maximum Gasteiger partial charge on any atom is 0.138 e. The summed E-state index contributed by atoms with van der Waals surface area (Å²) in [6.07, 6.45) is 10.4. The molecule has 3 saturated heterocycles. The highest BCUT2D eigenvalue weighted by Gasteiger charge is 2.28. The van der Waals surface area contributed by atoms with Gasteiger partial charge in [0, 0.05) is 149 Å². The second-order valence-corrected chi connectivity index (χ2v) is 34.3. The summed E-state index contributed by atoms with van der Waals surface area (Å²) in [6, 6.07) is 65.3. The van der Waals surface area contributed by atoms with Crippen LogP contribution in [0, 0.1) is 0 Å². The molecule has 6 aromatic heterocycles. The fourth-order valence-corrected chi connectivity index (χ4v) is 15.6. The number of aromatic amines is 3. The van der Waals surface area contributed by atoms with Crippen LogP contribution in [0.1, 0.15) is 133 Å². The number of anilines is 3. The zero-order valence-corrected chi connectivity index (χ0v) is 68.2. The molecule has 572 valence electrons. The monoisotopic (exact) mass is 1550 g/mol. The van der Waals surface area contributed by atoms with Crippen molar-refractivity contribution in [1.82, 2.24) is 74.9 Å². The van der Waals surface area contributed by atoms with Crippen molar-refractivity contribution in [2.45, 2.75) is 116 Å². The van der Waals surface area contributed by atoms with E-state index in [-0.39, 0.29) is 16.2 Å². The number of H-pyrrole nitrogens is 3. The van der Waals surface area contributed by atoms with Crippen molar-refractivity contribution in [3.05, 3.63) is 253 Å². The highest BCUT2D eigenvalue weighted by Crippen LogP contribution is 2.37. The first kappa shape index (κ1) is 76.5. The lowest BCUT2D eigenvalue weighted by Gasteiger charge is -2.39. The molecule has 1 unspecified atom stereocenters. The van der Waals surface area contributed by atoms with Crippen LogP contribution in [-0.4, -0.2) is 148 Å². The number of nitrogens with one attached hydrogen (secondary N) is 4. The smallest absolute Gasteiger partial charge is 0.138 e. The molecular formula is C93H103BrN18. The first-order chi connectivity index (χ1) is 54.0. The summed E-state index contributed by atoms with van der Waals surface area (Å²) in [4.78, 5) is 64.7. The molecule has 19 heteroatoms. The largest absolute Gasteiger partial charge is 0.367 e. The number of aromatic nitrogens is 12. The van der Waals surface area contributed by atoms with Gasteiger partial charge < -0.3 is 35.0 Å². The van der Waals surface area contributed by atoms with Gasteiger partial charge in [0.05, 0.1) is 66.7 Å². The SMILES string of the molecule is CC(Br)c1ccc2nccnc2c1.CC(C)(C)c1ccc(-c2nc3c(N4CCNCC4)cccc3[nH]2)cc1.C[C@@H](c1ccc2nccnc2c1)N1CCN(c2cccc3[nH]c(-c4ccc(C(C)(C)C)cc4)nc23)CC1.C[C@H](c1ccc2nccnc2c1)N1CCN(c2cccc3[nH]c(-c4ccc(C(C)(C)C)cc4)nc23)CC1. The minimum absolute atomic E-state index is 0.140. The van der Waals surface area contributed by atoms with Gasteiger partial charge in [-0.2, -0.15) is 0 Å². The Hall–Kier alpha value is -10.8. The number of fused-ring (bicyclic) bond motifs is 6. The average Bonchev–Trinajstić information content (AvgIpc) is 1.61. The number of imidazole rings is 3. The summed E-state index contributed by atoms with van der Waals surface area (Å²) in [5.74, 6) is 2.79. The molecule has 3 fully saturated rings. The van der Waals surface area contributed by atoms with E-state index in [4.69, 9.17) is 15.0 Å². The van der Waals surface area contributed by atoms with Crippen LogP contribution in [0.4, 0.5) is 17.1 Å². The van der Waals surface area contributed by atoms with Crippen LogP contribution in [0.3, 0.4) is 0 Å². The molecule has 18 rings (SSSR count). The summed E-state index contributed by atoms with van der Waals surface area (Å²) in [5, 5.41) is 3.41. The lowest BCUT2D eigenvalue weighted by Crippen LogP contribution is -2.47. The normalized spacial score (nSPS) is 15.6. The molecule has 15 aromatic rings. The van der Waals surface area contributed by atoms with Gasteiger partial charge in [-0.3, -0.25) is 39.7 Å². The summed E-state index contributed by atoms with van der Waals surface area (Å²) in [6.45, 7) is 38.9. The van der Waals surface area contributed by atoms with E-state index < -0.39 is 0 Å². The van der Waals surface area contributed by atoms with E-state index in [1.165, 1.54) is 50.4 Å². The highest BCUT2D eigenvalue weighted by molar-refractivity contribution is 9.09. The second kappa shape index (κ2) is 32.9. The lowest BCUT2D eigenvalue weighted by atomic mass is 9.87. The minimum atomic E-state index is 0.140. The third-order valence-corrected chi connectivity index (χ3v) is 22.8. The Labute approximate surface area is 666 Å². The number of alkyl halides is 1. The van der Waals surface area contributed by atoms with E-state index >= 15 is 0 Å². The van der Waals surface area contributed by atoms with Crippen molar-refractivity contribution in [3.8, 4) is 34.2 Å². The maximum atomic E-state index is 5.06. The van der Waals surface area contributed by atoms with Crippen LogP contribution < -0.4 is 20.0 Å². The molecule has 0 saturated carbocycles. The zero-order valence-electron chi connectivity index (χ0n) is 66.6. The van der Waals surface area contributed by atoms with E-state index in [2.05, 4.69) is 350 Å². The Morgan fingerprint density at radius 2 is 0.607 bits per heavy atom. The molecule has 9 heterocycles.